The van der Waals surface area contributed by atoms with E-state index < -0.39 is 43.9 Å². The Kier molecular flexibility index (Phi) is 14.7. The van der Waals surface area contributed by atoms with Crippen LogP contribution in [-0.4, -0.2) is 73.3 Å². The van der Waals surface area contributed by atoms with Gasteiger partial charge in [-0.1, -0.05) is 26.8 Å². The van der Waals surface area contributed by atoms with Crippen molar-refractivity contribution in [2.24, 2.45) is 11.8 Å². The molecule has 0 aliphatic carbocycles. The standard InChI is InChI=1S/C24H43N4O8P/c1-6-16(5)22(31)28-21(17-10-12-25-15-17)24(33)27-19(7-2)23(32)26-18(14-20(29)30)11-13-37(34,35-8-3)36-9-4/h11,16-17,19,21,25H,6-10,12-15H2,1-5H3,(H,26,32)(H,27,33)(H,28,31)(H,29,30)/b18-11+. The lowest BCUT2D eigenvalue weighted by molar-refractivity contribution is -0.136. The molecule has 1 saturated heterocycles. The number of carboxylic acids is 1. The molecule has 0 aromatic carbocycles. The van der Waals surface area contributed by atoms with E-state index in [1.807, 2.05) is 6.92 Å². The minimum Gasteiger partial charge on any atom is -0.481 e. The van der Waals surface area contributed by atoms with E-state index >= 15 is 0 Å². The van der Waals surface area contributed by atoms with Crippen LogP contribution in [-0.2, 0) is 32.8 Å². The molecular formula is C24H43N4O8P. The fraction of sp³-hybridized carbons (Fsp3) is 0.750. The fourth-order valence-electron chi connectivity index (χ4n) is 3.79. The van der Waals surface area contributed by atoms with Crippen LogP contribution in [0.3, 0.4) is 0 Å². The van der Waals surface area contributed by atoms with Crippen LogP contribution in [0.2, 0.25) is 0 Å². The van der Waals surface area contributed by atoms with Gasteiger partial charge in [0.1, 0.15) is 12.1 Å². The van der Waals surface area contributed by atoms with E-state index in [0.717, 1.165) is 6.54 Å². The van der Waals surface area contributed by atoms with Gasteiger partial charge in [0.05, 0.1) is 25.8 Å². The lowest BCUT2D eigenvalue weighted by atomic mass is 9.96. The fourth-order valence-corrected chi connectivity index (χ4v) is 5.30. The molecule has 1 fully saturated rings. The van der Waals surface area contributed by atoms with Crippen LogP contribution in [0.25, 0.3) is 0 Å². The van der Waals surface area contributed by atoms with Crippen LogP contribution in [0.1, 0.15) is 60.3 Å². The molecule has 13 heteroatoms. The highest BCUT2D eigenvalue weighted by Crippen LogP contribution is 2.48. The predicted octanol–water partition coefficient (Wildman–Crippen LogP) is 1.76. The van der Waals surface area contributed by atoms with E-state index in [2.05, 4.69) is 21.3 Å². The van der Waals surface area contributed by atoms with E-state index in [0.29, 0.717) is 19.4 Å². The highest BCUT2D eigenvalue weighted by atomic mass is 31.2. The SMILES string of the molecule is CCOP(=O)(C/C=C(\CC(=O)O)NC(=O)C(CC)NC(=O)C(NC(=O)C(C)CC)C1CCNC1)OCC. The largest absolute Gasteiger partial charge is 0.481 e. The number of allylic oxidation sites excluding steroid dienone is 1. The summed E-state index contributed by atoms with van der Waals surface area (Å²) in [6.07, 6.45) is 2.11. The molecule has 0 saturated carbocycles. The van der Waals surface area contributed by atoms with Gasteiger partial charge in [0.25, 0.3) is 0 Å². The van der Waals surface area contributed by atoms with Crippen molar-refractivity contribution in [3.8, 4) is 0 Å². The number of rotatable bonds is 17. The van der Waals surface area contributed by atoms with Gasteiger partial charge in [-0.15, -0.1) is 0 Å². The van der Waals surface area contributed by atoms with Gasteiger partial charge >= 0.3 is 13.6 Å². The van der Waals surface area contributed by atoms with Gasteiger partial charge in [0.2, 0.25) is 17.7 Å². The first kappa shape index (κ1) is 32.8. The molecule has 4 atom stereocenters. The van der Waals surface area contributed by atoms with Gasteiger partial charge in [-0.25, -0.2) is 0 Å². The van der Waals surface area contributed by atoms with Gasteiger partial charge in [0, 0.05) is 24.1 Å². The number of hydrogen-bond acceptors (Lipinski definition) is 8. The summed E-state index contributed by atoms with van der Waals surface area (Å²) in [6.45, 7) is 10.3. The third-order valence-electron chi connectivity index (χ3n) is 6.09. The molecule has 0 aromatic heterocycles. The molecule has 5 N–H and O–H groups in total. The first-order valence-corrected chi connectivity index (χ1v) is 14.6. The first-order valence-electron chi connectivity index (χ1n) is 12.9. The van der Waals surface area contributed by atoms with Crippen molar-refractivity contribution in [3.05, 3.63) is 11.8 Å². The first-order chi connectivity index (χ1) is 17.5. The molecule has 1 heterocycles. The second-order valence-electron chi connectivity index (χ2n) is 8.94. The van der Waals surface area contributed by atoms with Crippen LogP contribution in [0.5, 0.6) is 0 Å². The zero-order valence-corrected chi connectivity index (χ0v) is 23.4. The van der Waals surface area contributed by atoms with Crippen LogP contribution >= 0.6 is 7.60 Å². The van der Waals surface area contributed by atoms with E-state index in [1.54, 1.807) is 27.7 Å². The number of hydrogen-bond donors (Lipinski definition) is 5. The van der Waals surface area contributed by atoms with E-state index in [1.165, 1.54) is 6.08 Å². The number of carbonyl (C=O) groups excluding carboxylic acids is 3. The quantitative estimate of drug-likeness (QED) is 0.170. The Hall–Kier alpha value is -2.27. The van der Waals surface area contributed by atoms with E-state index in [-0.39, 0.29) is 49.2 Å². The van der Waals surface area contributed by atoms with Crippen molar-refractivity contribution >= 4 is 31.3 Å². The number of carbonyl (C=O) groups is 4. The Morgan fingerprint density at radius 2 is 1.68 bits per heavy atom. The minimum absolute atomic E-state index is 0.00597. The van der Waals surface area contributed by atoms with Gasteiger partial charge in [0.15, 0.2) is 0 Å². The number of aliphatic carboxylic acids is 1. The van der Waals surface area contributed by atoms with Crippen LogP contribution in [0, 0.1) is 11.8 Å². The van der Waals surface area contributed by atoms with Gasteiger partial charge in [-0.2, -0.15) is 0 Å². The van der Waals surface area contributed by atoms with Gasteiger partial charge < -0.3 is 35.4 Å². The molecule has 212 valence electrons. The van der Waals surface area contributed by atoms with Crippen molar-refractivity contribution in [1.82, 2.24) is 21.3 Å². The predicted molar refractivity (Wildman–Crippen MR) is 139 cm³/mol. The van der Waals surface area contributed by atoms with Crippen LogP contribution < -0.4 is 21.3 Å². The lowest BCUT2D eigenvalue weighted by Gasteiger charge is -2.27. The van der Waals surface area contributed by atoms with Crippen LogP contribution in [0.4, 0.5) is 0 Å². The molecule has 1 aliphatic rings. The molecule has 4 unspecified atom stereocenters. The molecule has 12 nitrogen and oxygen atoms in total. The number of carboxylic acid groups (broad SMARTS) is 1. The molecule has 0 spiro atoms. The maximum Gasteiger partial charge on any atom is 0.334 e. The van der Waals surface area contributed by atoms with Crippen molar-refractivity contribution in [3.63, 3.8) is 0 Å². The third kappa shape index (κ3) is 11.3. The maximum absolute atomic E-state index is 13.2. The second kappa shape index (κ2) is 16.5. The Morgan fingerprint density at radius 1 is 1.03 bits per heavy atom. The Balaban J connectivity index is 3.01. The smallest absolute Gasteiger partial charge is 0.334 e. The summed E-state index contributed by atoms with van der Waals surface area (Å²) in [5, 5.41) is 20.5. The molecule has 3 amide bonds. The summed E-state index contributed by atoms with van der Waals surface area (Å²) in [4.78, 5) is 50.1. The average Bonchev–Trinajstić information content (AvgIpc) is 3.38. The molecule has 0 bridgehead atoms. The van der Waals surface area contributed by atoms with Crippen molar-refractivity contribution in [1.29, 1.82) is 0 Å². The van der Waals surface area contributed by atoms with Gasteiger partial charge in [-0.3, -0.25) is 23.7 Å². The van der Waals surface area contributed by atoms with E-state index in [4.69, 9.17) is 9.05 Å². The normalized spacial score (nSPS) is 18.5. The van der Waals surface area contributed by atoms with E-state index in [9.17, 15) is 28.8 Å². The molecule has 1 rings (SSSR count). The Labute approximate surface area is 219 Å². The Morgan fingerprint density at radius 3 is 2.16 bits per heavy atom. The summed E-state index contributed by atoms with van der Waals surface area (Å²) in [5.74, 6) is -2.92. The number of amides is 3. The topological polar surface area (TPSA) is 172 Å². The summed E-state index contributed by atoms with van der Waals surface area (Å²) in [6, 6.07) is -1.79. The van der Waals surface area contributed by atoms with Crippen molar-refractivity contribution < 1.29 is 37.9 Å². The summed E-state index contributed by atoms with van der Waals surface area (Å²) in [5.41, 5.74) is 0.00597. The molecule has 37 heavy (non-hydrogen) atoms. The average molecular weight is 547 g/mol. The van der Waals surface area contributed by atoms with Gasteiger partial charge in [-0.05, 0) is 39.7 Å². The molecule has 0 aromatic rings. The zero-order valence-electron chi connectivity index (χ0n) is 22.5. The highest BCUT2D eigenvalue weighted by molar-refractivity contribution is 7.54. The molecule has 0 radical (unpaired) electrons. The number of nitrogens with one attached hydrogen (secondary N) is 4. The second-order valence-corrected chi connectivity index (χ2v) is 11.0. The molecule has 1 aliphatic heterocycles. The highest BCUT2D eigenvalue weighted by Gasteiger charge is 2.34. The van der Waals surface area contributed by atoms with Crippen molar-refractivity contribution in [2.45, 2.75) is 72.4 Å². The molecular weight excluding hydrogens is 503 g/mol. The summed E-state index contributed by atoms with van der Waals surface area (Å²) < 4.78 is 23.2. The van der Waals surface area contributed by atoms with Crippen molar-refractivity contribution in [2.75, 3.05) is 32.5 Å². The minimum atomic E-state index is -3.50. The summed E-state index contributed by atoms with van der Waals surface area (Å²) >= 11 is 0. The Bertz CT molecular complexity index is 850. The summed E-state index contributed by atoms with van der Waals surface area (Å²) in [7, 11) is -3.50. The third-order valence-corrected chi connectivity index (χ3v) is 8.02. The maximum atomic E-state index is 13.2. The zero-order chi connectivity index (χ0) is 28.0. The van der Waals surface area contributed by atoms with Crippen LogP contribution in [0.15, 0.2) is 11.8 Å². The lowest BCUT2D eigenvalue weighted by Crippen LogP contribution is -2.56. The monoisotopic (exact) mass is 546 g/mol.